The number of hydrazine groups is 2. The summed E-state index contributed by atoms with van der Waals surface area (Å²) in [5.41, 5.74) is 2.82. The van der Waals surface area contributed by atoms with E-state index in [1.165, 1.54) is 31.3 Å². The van der Waals surface area contributed by atoms with Crippen molar-refractivity contribution in [2.75, 3.05) is 17.5 Å². The maximum absolute atomic E-state index is 15.3. The molecule has 6 unspecified atom stereocenters. The number of hydrogen-bond acceptors (Lipinski definition) is 8. The van der Waals surface area contributed by atoms with Crippen LogP contribution in [0.3, 0.4) is 0 Å². The van der Waals surface area contributed by atoms with Crippen molar-refractivity contribution < 1.29 is 41.8 Å². The van der Waals surface area contributed by atoms with Crippen molar-refractivity contribution in [2.24, 2.45) is 23.7 Å². The van der Waals surface area contributed by atoms with E-state index in [4.69, 9.17) is 23.2 Å². The molecular weight excluding hydrogens is 789 g/mol. The van der Waals surface area contributed by atoms with E-state index in [9.17, 15) is 37.1 Å². The summed E-state index contributed by atoms with van der Waals surface area (Å²) in [5, 5.41) is 13.6. The predicted octanol–water partition coefficient (Wildman–Crippen LogP) is 7.91. The van der Waals surface area contributed by atoms with E-state index in [0.717, 1.165) is 21.1 Å². The normalized spacial score (nSPS) is 25.6. The fourth-order valence-electron chi connectivity index (χ4n) is 9.38. The van der Waals surface area contributed by atoms with E-state index in [1.54, 1.807) is 50.2 Å². The van der Waals surface area contributed by atoms with Crippen LogP contribution >= 0.6 is 23.2 Å². The number of aromatic nitrogens is 1. The van der Waals surface area contributed by atoms with E-state index in [0.29, 0.717) is 38.9 Å². The first-order valence-corrected chi connectivity index (χ1v) is 18.7. The van der Waals surface area contributed by atoms with Crippen LogP contribution in [0, 0.1) is 43.3 Å². The molecule has 57 heavy (non-hydrogen) atoms. The van der Waals surface area contributed by atoms with Gasteiger partial charge in [0.2, 0.25) is 0 Å². The van der Waals surface area contributed by atoms with Gasteiger partial charge in [0.1, 0.15) is 17.3 Å². The first kappa shape index (κ1) is 38.4. The summed E-state index contributed by atoms with van der Waals surface area (Å²) in [6.45, 7) is 3.40. The number of carbonyl (C=O) groups excluding carboxylic acids is 4. The molecule has 2 saturated heterocycles. The molecule has 8 rings (SSSR count). The Kier molecular flexibility index (Phi) is 9.15. The summed E-state index contributed by atoms with van der Waals surface area (Å²) in [7, 11) is 1.23. The van der Waals surface area contributed by atoms with Crippen molar-refractivity contribution in [1.29, 1.82) is 0 Å². The summed E-state index contributed by atoms with van der Waals surface area (Å²) < 4.78 is 55.0. The third-order valence-corrected chi connectivity index (χ3v) is 12.4. The van der Waals surface area contributed by atoms with E-state index < -0.39 is 82.1 Å². The second-order valence-corrected chi connectivity index (χ2v) is 15.7. The lowest BCUT2D eigenvalue weighted by Crippen LogP contribution is -2.53. The average Bonchev–Trinajstić information content (AvgIpc) is 3.54. The number of nitrogens with one attached hydrogen (secondary N) is 1. The van der Waals surface area contributed by atoms with Gasteiger partial charge in [-0.1, -0.05) is 59.1 Å². The molecule has 6 atom stereocenters. The Bertz CT molecular complexity index is 2390. The number of pyridine rings is 1. The van der Waals surface area contributed by atoms with Gasteiger partial charge in [-0.3, -0.25) is 29.6 Å². The maximum Gasteiger partial charge on any atom is 0.433 e. The van der Waals surface area contributed by atoms with Crippen molar-refractivity contribution in [1.82, 2.24) is 15.0 Å². The number of anilines is 2. The number of amides is 4. The van der Waals surface area contributed by atoms with Gasteiger partial charge in [-0.05, 0) is 103 Å². The molecule has 2 aliphatic carbocycles. The second-order valence-electron chi connectivity index (χ2n) is 14.9. The van der Waals surface area contributed by atoms with Gasteiger partial charge < -0.3 is 5.11 Å². The average molecular weight is 823 g/mol. The number of halogens is 6. The Hall–Kier alpha value is -5.47. The number of nitrogens with zero attached hydrogens (tertiary/aromatic N) is 4. The lowest BCUT2D eigenvalue weighted by Gasteiger charge is -2.50. The molecule has 1 aromatic heterocycles. The van der Waals surface area contributed by atoms with Gasteiger partial charge in [-0.2, -0.15) is 23.2 Å². The molecule has 4 aliphatic rings. The molecule has 3 fully saturated rings. The number of alkyl halides is 3. The standard InChI is InChI=1S/C41H33Cl2F4N5O5/c1-19-16-21(17-20(2)34(19)53)33-26-12-13-27-32(38(56)52(36(27)54)50(3)35-30(43)14-15-31(48-35)41(45,46)47)28(26)18-29-37(55)51(49-25-10-8-24(44)9-11-25)39(57)40(29,33)22-4-6-23(42)7-5-22/h4-12,14-17,27-29,32-33,49,53H,13,18H2,1-3H3. The largest absolute Gasteiger partial charge is 0.507 e. The van der Waals surface area contributed by atoms with Gasteiger partial charge in [-0.15, -0.1) is 0 Å². The summed E-state index contributed by atoms with van der Waals surface area (Å²) in [4.78, 5) is 62.7. The number of fused-ring (bicyclic) bond motifs is 4. The van der Waals surface area contributed by atoms with E-state index in [1.807, 2.05) is 6.08 Å². The molecule has 0 spiro atoms. The number of allylic oxidation sites excluding steroid dienone is 2. The molecule has 294 valence electrons. The zero-order valence-corrected chi connectivity index (χ0v) is 32.0. The Morgan fingerprint density at radius 2 is 1.54 bits per heavy atom. The minimum Gasteiger partial charge on any atom is -0.507 e. The number of rotatable bonds is 6. The SMILES string of the molecule is Cc1cc(C2C3=CCC4C(=O)N(N(C)c5nc(C(F)(F)F)ccc5Cl)C(=O)C4C3CC3C(=O)N(Nc4ccc(F)cc4)C(=O)C32c2ccc(Cl)cc2)cc(C)c1O. The molecule has 4 amide bonds. The van der Waals surface area contributed by atoms with Gasteiger partial charge in [0, 0.05) is 18.0 Å². The Labute approximate surface area is 333 Å². The number of benzene rings is 3. The van der Waals surface area contributed by atoms with E-state index in [-0.39, 0.29) is 29.3 Å². The number of imide groups is 2. The quantitative estimate of drug-likeness (QED) is 0.114. The molecular formula is C41H33Cl2F4N5O5. The molecule has 3 aromatic carbocycles. The Morgan fingerprint density at radius 3 is 2.18 bits per heavy atom. The first-order valence-electron chi connectivity index (χ1n) is 18.0. The summed E-state index contributed by atoms with van der Waals surface area (Å²) in [6.07, 6.45) is -3.06. The number of aromatic hydroxyl groups is 1. The monoisotopic (exact) mass is 821 g/mol. The maximum atomic E-state index is 15.3. The van der Waals surface area contributed by atoms with Gasteiger partial charge in [0.25, 0.3) is 23.6 Å². The van der Waals surface area contributed by atoms with Crippen molar-refractivity contribution >= 4 is 58.3 Å². The molecule has 0 bridgehead atoms. The van der Waals surface area contributed by atoms with Crippen LogP contribution in [0.5, 0.6) is 5.75 Å². The highest BCUT2D eigenvalue weighted by atomic mass is 35.5. The number of aryl methyl sites for hydroxylation is 2. The summed E-state index contributed by atoms with van der Waals surface area (Å²) >= 11 is 12.7. The highest BCUT2D eigenvalue weighted by Crippen LogP contribution is 2.64. The van der Waals surface area contributed by atoms with E-state index in [2.05, 4.69) is 10.4 Å². The van der Waals surface area contributed by atoms with Crippen molar-refractivity contribution in [3.8, 4) is 5.75 Å². The van der Waals surface area contributed by atoms with Crippen molar-refractivity contribution in [2.45, 2.75) is 44.2 Å². The number of carbonyl (C=O) groups is 4. The lowest BCUT2D eigenvalue weighted by molar-refractivity contribution is -0.142. The van der Waals surface area contributed by atoms with Crippen LogP contribution in [-0.2, 0) is 30.8 Å². The molecule has 16 heteroatoms. The minimum atomic E-state index is -4.84. The Morgan fingerprint density at radius 1 is 0.895 bits per heavy atom. The molecule has 0 radical (unpaired) electrons. The highest BCUT2D eigenvalue weighted by molar-refractivity contribution is 6.33. The van der Waals surface area contributed by atoms with Gasteiger partial charge in [-0.25, -0.2) is 9.37 Å². The molecule has 2 aliphatic heterocycles. The van der Waals surface area contributed by atoms with Crippen LogP contribution in [-0.4, -0.2) is 50.8 Å². The van der Waals surface area contributed by atoms with Crippen LogP contribution < -0.4 is 10.4 Å². The first-order chi connectivity index (χ1) is 26.9. The van der Waals surface area contributed by atoms with Gasteiger partial charge in [0.15, 0.2) is 5.82 Å². The predicted molar refractivity (Wildman–Crippen MR) is 201 cm³/mol. The van der Waals surface area contributed by atoms with Crippen LogP contribution in [0.4, 0.5) is 29.1 Å². The highest BCUT2D eigenvalue weighted by Gasteiger charge is 2.70. The molecule has 1 saturated carbocycles. The molecule has 2 N–H and O–H groups in total. The fraction of sp³-hybridized carbons (Fsp3) is 0.293. The zero-order chi connectivity index (χ0) is 40.9. The van der Waals surface area contributed by atoms with Crippen molar-refractivity contribution in [3.05, 3.63) is 128 Å². The van der Waals surface area contributed by atoms with E-state index >= 15 is 4.79 Å². The third-order valence-electron chi connectivity index (χ3n) is 11.8. The van der Waals surface area contributed by atoms with Crippen LogP contribution in [0.1, 0.15) is 46.7 Å². The molecule has 3 heterocycles. The van der Waals surface area contributed by atoms with Crippen molar-refractivity contribution in [3.63, 3.8) is 0 Å². The van der Waals surface area contributed by atoms with Crippen LogP contribution in [0.25, 0.3) is 0 Å². The van der Waals surface area contributed by atoms with Crippen LogP contribution in [0.15, 0.2) is 84.4 Å². The number of phenols is 1. The summed E-state index contributed by atoms with van der Waals surface area (Å²) in [5.74, 6) is -8.58. The molecule has 10 nitrogen and oxygen atoms in total. The zero-order valence-electron chi connectivity index (χ0n) is 30.4. The second kappa shape index (κ2) is 13.6. The fourth-order valence-corrected chi connectivity index (χ4v) is 9.73. The topological polar surface area (TPSA) is 123 Å². The Balaban J connectivity index is 1.29. The lowest BCUT2D eigenvalue weighted by atomic mass is 9.49. The van der Waals surface area contributed by atoms with Gasteiger partial charge in [0.05, 0.1) is 33.9 Å². The van der Waals surface area contributed by atoms with Crippen LogP contribution in [0.2, 0.25) is 10.0 Å². The minimum absolute atomic E-state index is 0.0305. The number of phenolic OH excluding ortho intramolecular Hbond substituents is 1. The third kappa shape index (κ3) is 5.86. The molecule has 4 aromatic rings. The van der Waals surface area contributed by atoms with Gasteiger partial charge >= 0.3 is 6.18 Å². The number of hydrogen-bond donors (Lipinski definition) is 2. The smallest absolute Gasteiger partial charge is 0.433 e. The summed E-state index contributed by atoms with van der Waals surface area (Å²) in [6, 6.07) is 16.8.